The standard InChI is InChI=1S/C11H13ClN2/c12-7-8-13-11-6-5-9-3-1-2-4-10(9)14-11/h1-4H,5-8H2,(H,13,14). The molecule has 1 heterocycles. The molecule has 1 aromatic carbocycles. The van der Waals surface area contributed by atoms with Crippen molar-refractivity contribution in [2.45, 2.75) is 12.8 Å². The number of nitrogens with one attached hydrogen (secondary N) is 1. The molecule has 0 atom stereocenters. The van der Waals surface area contributed by atoms with Gasteiger partial charge in [0, 0.05) is 18.0 Å². The second-order valence-electron chi connectivity index (χ2n) is 3.30. The monoisotopic (exact) mass is 208 g/mol. The minimum Gasteiger partial charge on any atom is -0.344 e. The highest BCUT2D eigenvalue weighted by Gasteiger charge is 2.11. The van der Waals surface area contributed by atoms with E-state index in [0.717, 1.165) is 18.7 Å². The molecular formula is C11H13ClN2. The number of para-hydroxylation sites is 1. The molecular weight excluding hydrogens is 196 g/mol. The van der Waals surface area contributed by atoms with Gasteiger partial charge in [-0.3, -0.25) is 4.99 Å². The largest absolute Gasteiger partial charge is 0.344 e. The maximum absolute atomic E-state index is 5.59. The molecule has 0 bridgehead atoms. The summed E-state index contributed by atoms with van der Waals surface area (Å²) in [7, 11) is 0. The van der Waals surface area contributed by atoms with E-state index in [4.69, 9.17) is 11.6 Å². The van der Waals surface area contributed by atoms with Crippen LogP contribution in [0.2, 0.25) is 0 Å². The molecule has 1 N–H and O–H groups in total. The van der Waals surface area contributed by atoms with Crippen LogP contribution in [0, 0.1) is 0 Å². The van der Waals surface area contributed by atoms with E-state index in [2.05, 4.69) is 28.5 Å². The molecule has 74 valence electrons. The first-order chi connectivity index (χ1) is 6.90. The van der Waals surface area contributed by atoms with E-state index in [1.807, 2.05) is 6.07 Å². The highest BCUT2D eigenvalue weighted by atomic mass is 35.5. The lowest BCUT2D eigenvalue weighted by Crippen LogP contribution is -2.20. The van der Waals surface area contributed by atoms with E-state index in [0.29, 0.717) is 12.4 Å². The molecule has 1 aliphatic rings. The van der Waals surface area contributed by atoms with Gasteiger partial charge in [-0.15, -0.1) is 11.6 Å². The van der Waals surface area contributed by atoms with E-state index in [-0.39, 0.29) is 0 Å². The van der Waals surface area contributed by atoms with Crippen LogP contribution in [-0.4, -0.2) is 18.3 Å². The van der Waals surface area contributed by atoms with Gasteiger partial charge in [0.15, 0.2) is 0 Å². The van der Waals surface area contributed by atoms with Gasteiger partial charge in [-0.25, -0.2) is 0 Å². The smallest absolute Gasteiger partial charge is 0.101 e. The Morgan fingerprint density at radius 2 is 2.14 bits per heavy atom. The van der Waals surface area contributed by atoms with Gasteiger partial charge in [-0.05, 0) is 18.1 Å². The van der Waals surface area contributed by atoms with Gasteiger partial charge in [-0.2, -0.15) is 0 Å². The Labute approximate surface area is 89.0 Å². The van der Waals surface area contributed by atoms with Crippen LogP contribution in [0.1, 0.15) is 12.0 Å². The first-order valence-corrected chi connectivity index (χ1v) is 5.38. The number of aliphatic imine (C=N–C) groups is 1. The zero-order valence-electron chi connectivity index (χ0n) is 7.96. The number of rotatable bonds is 2. The lowest BCUT2D eigenvalue weighted by atomic mass is 10.0. The summed E-state index contributed by atoms with van der Waals surface area (Å²) in [5.74, 6) is 1.65. The van der Waals surface area contributed by atoms with Crippen molar-refractivity contribution in [3.63, 3.8) is 0 Å². The molecule has 2 nitrogen and oxygen atoms in total. The second-order valence-corrected chi connectivity index (χ2v) is 3.68. The highest BCUT2D eigenvalue weighted by Crippen LogP contribution is 2.21. The van der Waals surface area contributed by atoms with E-state index in [1.165, 1.54) is 11.3 Å². The number of hydrogen-bond acceptors (Lipinski definition) is 1. The van der Waals surface area contributed by atoms with E-state index >= 15 is 0 Å². The van der Waals surface area contributed by atoms with Crippen molar-refractivity contribution in [2.24, 2.45) is 4.99 Å². The third-order valence-electron chi connectivity index (χ3n) is 2.31. The molecule has 1 aromatic rings. The Hall–Kier alpha value is -1.02. The fourth-order valence-corrected chi connectivity index (χ4v) is 1.71. The Morgan fingerprint density at radius 3 is 3.00 bits per heavy atom. The molecule has 0 saturated carbocycles. The number of benzene rings is 1. The molecule has 0 amide bonds. The molecule has 0 saturated heterocycles. The van der Waals surface area contributed by atoms with E-state index in [9.17, 15) is 0 Å². The number of aryl methyl sites for hydroxylation is 1. The maximum Gasteiger partial charge on any atom is 0.101 e. The van der Waals surface area contributed by atoms with Crippen LogP contribution in [0.4, 0.5) is 5.69 Å². The zero-order valence-corrected chi connectivity index (χ0v) is 8.72. The van der Waals surface area contributed by atoms with E-state index < -0.39 is 0 Å². The molecule has 3 heteroatoms. The fourth-order valence-electron chi connectivity index (χ4n) is 1.63. The Kier molecular flexibility index (Phi) is 3.04. The summed E-state index contributed by atoms with van der Waals surface area (Å²) in [4.78, 5) is 4.37. The van der Waals surface area contributed by atoms with Crippen molar-refractivity contribution < 1.29 is 0 Å². The maximum atomic E-state index is 5.59. The minimum atomic E-state index is 0.590. The van der Waals surface area contributed by atoms with E-state index in [1.54, 1.807) is 0 Å². The second kappa shape index (κ2) is 4.47. The van der Waals surface area contributed by atoms with Crippen molar-refractivity contribution in [1.29, 1.82) is 0 Å². The minimum absolute atomic E-state index is 0.590. The molecule has 0 spiro atoms. The van der Waals surface area contributed by atoms with Crippen LogP contribution in [0.15, 0.2) is 29.3 Å². The SMILES string of the molecule is ClCCN=C1CCc2ccccc2N1. The van der Waals surface area contributed by atoms with Crippen molar-refractivity contribution in [2.75, 3.05) is 17.7 Å². The van der Waals surface area contributed by atoms with Gasteiger partial charge in [0.05, 0.1) is 6.54 Å². The lowest BCUT2D eigenvalue weighted by molar-refractivity contribution is 0.987. The topological polar surface area (TPSA) is 24.4 Å². The Balaban J connectivity index is 2.13. The molecule has 0 aromatic heterocycles. The average Bonchev–Trinajstić information content (AvgIpc) is 2.26. The summed E-state index contributed by atoms with van der Waals surface area (Å²) in [5.41, 5.74) is 2.56. The molecule has 0 aliphatic carbocycles. The first-order valence-electron chi connectivity index (χ1n) is 4.84. The number of hydrogen-bond donors (Lipinski definition) is 1. The molecule has 14 heavy (non-hydrogen) atoms. The predicted molar refractivity (Wildman–Crippen MR) is 61.4 cm³/mol. The molecule has 2 rings (SSSR count). The molecule has 0 fully saturated rings. The van der Waals surface area contributed by atoms with Crippen molar-refractivity contribution >= 4 is 23.1 Å². The fraction of sp³-hybridized carbons (Fsp3) is 0.364. The zero-order chi connectivity index (χ0) is 9.80. The number of fused-ring (bicyclic) bond motifs is 1. The van der Waals surface area contributed by atoms with Gasteiger partial charge < -0.3 is 5.32 Å². The van der Waals surface area contributed by atoms with Crippen LogP contribution in [-0.2, 0) is 6.42 Å². The van der Waals surface area contributed by atoms with Crippen LogP contribution in [0.3, 0.4) is 0 Å². The Morgan fingerprint density at radius 1 is 1.29 bits per heavy atom. The molecule has 0 unspecified atom stereocenters. The van der Waals surface area contributed by atoms with Gasteiger partial charge in [0.2, 0.25) is 0 Å². The number of anilines is 1. The number of halogens is 1. The quantitative estimate of drug-likeness (QED) is 0.743. The molecule has 0 radical (unpaired) electrons. The van der Waals surface area contributed by atoms with Crippen LogP contribution < -0.4 is 5.32 Å². The van der Waals surface area contributed by atoms with Crippen LogP contribution in [0.25, 0.3) is 0 Å². The number of amidine groups is 1. The summed E-state index contributed by atoms with van der Waals surface area (Å²) in [6, 6.07) is 8.35. The number of nitrogens with zero attached hydrogens (tertiary/aromatic N) is 1. The lowest BCUT2D eigenvalue weighted by Gasteiger charge is -2.19. The first kappa shape index (κ1) is 9.53. The normalized spacial score (nSPS) is 17.6. The third kappa shape index (κ3) is 2.07. The summed E-state index contributed by atoms with van der Waals surface area (Å²) in [6.45, 7) is 0.700. The average molecular weight is 209 g/mol. The van der Waals surface area contributed by atoms with Crippen LogP contribution >= 0.6 is 11.6 Å². The van der Waals surface area contributed by atoms with Gasteiger partial charge in [0.1, 0.15) is 5.84 Å². The van der Waals surface area contributed by atoms with Gasteiger partial charge in [0.25, 0.3) is 0 Å². The third-order valence-corrected chi connectivity index (χ3v) is 2.48. The highest BCUT2D eigenvalue weighted by molar-refractivity contribution is 6.18. The summed E-state index contributed by atoms with van der Waals surface area (Å²) >= 11 is 5.59. The summed E-state index contributed by atoms with van der Waals surface area (Å²) < 4.78 is 0. The van der Waals surface area contributed by atoms with Crippen molar-refractivity contribution in [1.82, 2.24) is 0 Å². The van der Waals surface area contributed by atoms with Crippen molar-refractivity contribution in [3.8, 4) is 0 Å². The molecule has 1 aliphatic heterocycles. The Bertz CT molecular complexity index is 347. The summed E-state index contributed by atoms with van der Waals surface area (Å²) in [6.07, 6.45) is 2.07. The van der Waals surface area contributed by atoms with Crippen molar-refractivity contribution in [3.05, 3.63) is 29.8 Å². The van der Waals surface area contributed by atoms with Gasteiger partial charge in [-0.1, -0.05) is 18.2 Å². The number of alkyl halides is 1. The van der Waals surface area contributed by atoms with Crippen LogP contribution in [0.5, 0.6) is 0 Å². The summed E-state index contributed by atoms with van der Waals surface area (Å²) in [5, 5.41) is 3.32. The van der Waals surface area contributed by atoms with Gasteiger partial charge >= 0.3 is 0 Å². The predicted octanol–water partition coefficient (Wildman–Crippen LogP) is 2.68.